The lowest BCUT2D eigenvalue weighted by atomic mass is 10.2. The van der Waals surface area contributed by atoms with Gasteiger partial charge in [-0.2, -0.15) is 0 Å². The molecule has 2 rings (SSSR count). The quantitative estimate of drug-likeness (QED) is 0.872. The van der Waals surface area contributed by atoms with E-state index in [4.69, 9.17) is 10.5 Å². The molecule has 0 saturated carbocycles. The van der Waals surface area contributed by atoms with Crippen molar-refractivity contribution in [1.29, 1.82) is 0 Å². The average molecular weight is 332 g/mol. The van der Waals surface area contributed by atoms with Gasteiger partial charge in [0.05, 0.1) is 7.11 Å². The fourth-order valence-electron chi connectivity index (χ4n) is 1.28. The van der Waals surface area contributed by atoms with E-state index in [1.807, 2.05) is 18.2 Å². The van der Waals surface area contributed by atoms with Crippen LogP contribution in [-0.2, 0) is 5.75 Å². The molecule has 1 heterocycles. The Hall–Kier alpha value is -0.790. The van der Waals surface area contributed by atoms with E-state index >= 15 is 0 Å². The molecular weight excluding hydrogens is 322 g/mol. The highest BCUT2D eigenvalue weighted by molar-refractivity contribution is 9.10. The smallest absolute Gasteiger partial charge is 0.203 e. The second-order valence-electron chi connectivity index (χ2n) is 3.15. The van der Waals surface area contributed by atoms with Gasteiger partial charge >= 0.3 is 0 Å². The number of benzene rings is 1. The molecule has 17 heavy (non-hydrogen) atoms. The number of rotatable bonds is 4. The van der Waals surface area contributed by atoms with E-state index in [2.05, 4.69) is 26.1 Å². The minimum atomic E-state index is 0.494. The molecule has 7 heteroatoms. The Kier molecular flexibility index (Phi) is 4.25. The highest BCUT2D eigenvalue weighted by Crippen LogP contribution is 2.31. The number of anilines is 1. The molecule has 2 N–H and O–H groups in total. The maximum absolute atomic E-state index is 5.53. The summed E-state index contributed by atoms with van der Waals surface area (Å²) in [5.74, 6) is 1.65. The number of nitrogens with zero attached hydrogens (tertiary/aromatic N) is 2. The van der Waals surface area contributed by atoms with Crippen LogP contribution in [0.25, 0.3) is 0 Å². The molecule has 0 aliphatic rings. The molecule has 2 aromatic rings. The number of nitrogens with two attached hydrogens (primary N) is 1. The number of nitrogen functional groups attached to an aromatic ring is 1. The average Bonchev–Trinajstić information content (AvgIpc) is 2.73. The number of thioether (sulfide) groups is 1. The molecule has 0 bridgehead atoms. The Morgan fingerprint density at radius 1 is 1.47 bits per heavy atom. The largest absolute Gasteiger partial charge is 0.496 e. The van der Waals surface area contributed by atoms with E-state index < -0.39 is 0 Å². The Morgan fingerprint density at radius 2 is 2.29 bits per heavy atom. The second-order valence-corrected chi connectivity index (χ2v) is 6.30. The van der Waals surface area contributed by atoms with Crippen LogP contribution in [0.2, 0.25) is 0 Å². The van der Waals surface area contributed by atoms with Crippen molar-refractivity contribution < 1.29 is 4.74 Å². The Bertz CT molecular complexity index is 518. The van der Waals surface area contributed by atoms with Gasteiger partial charge in [0, 0.05) is 15.8 Å². The lowest BCUT2D eigenvalue weighted by molar-refractivity contribution is 0.411. The zero-order chi connectivity index (χ0) is 12.3. The Labute approximate surface area is 116 Å². The maximum Gasteiger partial charge on any atom is 0.203 e. The molecule has 1 aromatic heterocycles. The van der Waals surface area contributed by atoms with Crippen molar-refractivity contribution >= 4 is 44.2 Å². The number of methoxy groups -OCH3 is 1. The minimum Gasteiger partial charge on any atom is -0.496 e. The van der Waals surface area contributed by atoms with Crippen LogP contribution in [0.5, 0.6) is 5.75 Å². The van der Waals surface area contributed by atoms with Crippen molar-refractivity contribution in [2.75, 3.05) is 12.8 Å². The van der Waals surface area contributed by atoms with Crippen LogP contribution in [0.1, 0.15) is 5.56 Å². The van der Waals surface area contributed by atoms with E-state index in [1.165, 1.54) is 11.3 Å². The molecule has 0 fully saturated rings. The van der Waals surface area contributed by atoms with Crippen LogP contribution >= 0.6 is 39.0 Å². The maximum atomic E-state index is 5.53. The first-order chi connectivity index (χ1) is 8.19. The molecular formula is C10H10BrN3OS2. The third kappa shape index (κ3) is 3.34. The van der Waals surface area contributed by atoms with Gasteiger partial charge in [-0.05, 0) is 18.2 Å². The molecule has 0 spiro atoms. The zero-order valence-electron chi connectivity index (χ0n) is 9.01. The van der Waals surface area contributed by atoms with E-state index in [0.717, 1.165) is 25.9 Å². The topological polar surface area (TPSA) is 61.0 Å². The minimum absolute atomic E-state index is 0.494. The first kappa shape index (κ1) is 12.7. The van der Waals surface area contributed by atoms with Gasteiger partial charge in [0.2, 0.25) is 5.13 Å². The summed E-state index contributed by atoms with van der Waals surface area (Å²) in [4.78, 5) is 0. The van der Waals surface area contributed by atoms with Crippen LogP contribution in [0.4, 0.5) is 5.13 Å². The first-order valence-electron chi connectivity index (χ1n) is 4.73. The predicted octanol–water partition coefficient (Wildman–Crippen LogP) is 3.18. The highest BCUT2D eigenvalue weighted by atomic mass is 79.9. The van der Waals surface area contributed by atoms with Crippen molar-refractivity contribution in [3.05, 3.63) is 28.2 Å². The molecule has 0 atom stereocenters. The van der Waals surface area contributed by atoms with Crippen LogP contribution in [0, 0.1) is 0 Å². The predicted molar refractivity (Wildman–Crippen MR) is 74.6 cm³/mol. The lowest BCUT2D eigenvalue weighted by Crippen LogP contribution is -1.90. The van der Waals surface area contributed by atoms with Gasteiger partial charge in [-0.25, -0.2) is 0 Å². The molecule has 0 unspecified atom stereocenters. The van der Waals surface area contributed by atoms with E-state index in [9.17, 15) is 0 Å². The summed E-state index contributed by atoms with van der Waals surface area (Å²) in [6.07, 6.45) is 0. The van der Waals surface area contributed by atoms with Crippen molar-refractivity contribution in [1.82, 2.24) is 10.2 Å². The fraction of sp³-hybridized carbons (Fsp3) is 0.200. The summed E-state index contributed by atoms with van der Waals surface area (Å²) in [6, 6.07) is 5.93. The summed E-state index contributed by atoms with van der Waals surface area (Å²) in [6.45, 7) is 0. The lowest BCUT2D eigenvalue weighted by Gasteiger charge is -2.07. The SMILES string of the molecule is COc1ccc(Br)cc1CSc1nnc(N)s1. The summed E-state index contributed by atoms with van der Waals surface area (Å²) < 4.78 is 7.20. The number of hydrogen-bond donors (Lipinski definition) is 1. The van der Waals surface area contributed by atoms with Gasteiger partial charge in [-0.15, -0.1) is 10.2 Å². The second kappa shape index (κ2) is 5.70. The zero-order valence-corrected chi connectivity index (χ0v) is 12.2. The van der Waals surface area contributed by atoms with E-state index in [1.54, 1.807) is 18.9 Å². The summed E-state index contributed by atoms with van der Waals surface area (Å²) in [5.41, 5.74) is 6.64. The van der Waals surface area contributed by atoms with Crippen LogP contribution in [0.3, 0.4) is 0 Å². The van der Waals surface area contributed by atoms with Crippen LogP contribution in [-0.4, -0.2) is 17.3 Å². The van der Waals surface area contributed by atoms with Crippen LogP contribution in [0.15, 0.2) is 27.0 Å². The number of hydrogen-bond acceptors (Lipinski definition) is 6. The molecule has 4 nitrogen and oxygen atoms in total. The van der Waals surface area contributed by atoms with E-state index in [-0.39, 0.29) is 0 Å². The third-order valence-electron chi connectivity index (χ3n) is 2.02. The van der Waals surface area contributed by atoms with Crippen LogP contribution < -0.4 is 10.5 Å². The normalized spacial score (nSPS) is 10.5. The molecule has 90 valence electrons. The Morgan fingerprint density at radius 3 is 2.94 bits per heavy atom. The summed E-state index contributed by atoms with van der Waals surface area (Å²) in [7, 11) is 1.67. The first-order valence-corrected chi connectivity index (χ1v) is 7.32. The van der Waals surface area contributed by atoms with Gasteiger partial charge in [0.25, 0.3) is 0 Å². The number of halogens is 1. The van der Waals surface area contributed by atoms with Gasteiger partial charge < -0.3 is 10.5 Å². The fourth-order valence-corrected chi connectivity index (χ4v) is 3.30. The number of ether oxygens (including phenoxy) is 1. The number of aromatic nitrogens is 2. The van der Waals surface area contributed by atoms with Crippen molar-refractivity contribution in [3.63, 3.8) is 0 Å². The van der Waals surface area contributed by atoms with Crippen molar-refractivity contribution in [2.24, 2.45) is 0 Å². The third-order valence-corrected chi connectivity index (χ3v) is 4.44. The molecule has 0 amide bonds. The molecule has 0 aliphatic heterocycles. The van der Waals surface area contributed by atoms with Gasteiger partial charge in [0.1, 0.15) is 5.75 Å². The monoisotopic (exact) mass is 331 g/mol. The van der Waals surface area contributed by atoms with Gasteiger partial charge in [-0.1, -0.05) is 39.0 Å². The molecule has 1 aromatic carbocycles. The summed E-state index contributed by atoms with van der Waals surface area (Å²) in [5, 5.41) is 8.23. The van der Waals surface area contributed by atoms with Gasteiger partial charge in [0.15, 0.2) is 4.34 Å². The Balaban J connectivity index is 2.10. The molecule has 0 radical (unpaired) electrons. The van der Waals surface area contributed by atoms with Crippen molar-refractivity contribution in [2.45, 2.75) is 10.1 Å². The highest BCUT2D eigenvalue weighted by Gasteiger charge is 2.07. The summed E-state index contributed by atoms with van der Waals surface area (Å²) >= 11 is 6.43. The standard InChI is InChI=1S/C10H10BrN3OS2/c1-15-8-3-2-7(11)4-6(8)5-16-10-14-13-9(12)17-10/h2-4H,5H2,1H3,(H2,12,13). The van der Waals surface area contributed by atoms with E-state index in [0.29, 0.717) is 5.13 Å². The molecule has 0 saturated heterocycles. The van der Waals surface area contributed by atoms with Crippen molar-refractivity contribution in [3.8, 4) is 5.75 Å². The molecule has 0 aliphatic carbocycles. The van der Waals surface area contributed by atoms with Gasteiger partial charge in [-0.3, -0.25) is 0 Å².